The molecule has 6 heteroatoms. The summed E-state index contributed by atoms with van der Waals surface area (Å²) < 4.78 is 26.6. The van der Waals surface area contributed by atoms with Gasteiger partial charge in [0.15, 0.2) is 0 Å². The fourth-order valence-electron chi connectivity index (χ4n) is 2.17. The molecule has 0 spiro atoms. The Hall–Kier alpha value is -1.40. The average Bonchev–Trinajstić information content (AvgIpc) is 2.39. The molecule has 0 amide bonds. The van der Waals surface area contributed by atoms with Crippen molar-refractivity contribution in [2.75, 3.05) is 7.05 Å². The fourth-order valence-corrected chi connectivity index (χ4v) is 3.92. The molecule has 0 aliphatic heterocycles. The largest absolute Gasteiger partial charge is 0.478 e. The highest BCUT2D eigenvalue weighted by Crippen LogP contribution is 2.23. The summed E-state index contributed by atoms with van der Waals surface area (Å²) in [6, 6.07) is 4.07. The highest BCUT2D eigenvalue weighted by Gasteiger charge is 2.28. The van der Waals surface area contributed by atoms with Crippen LogP contribution >= 0.6 is 0 Å². The number of rotatable bonds is 6. The Bertz CT molecular complexity index is 591. The van der Waals surface area contributed by atoms with E-state index < -0.39 is 16.0 Å². The second-order valence-electron chi connectivity index (χ2n) is 4.78. The standard InChI is InChI=1S/C14H21NO4S/c1-5-12(6-2)15(4)20(18,19)13-9-11(14(16)17)8-7-10(13)3/h7-9,12H,5-6H2,1-4H3,(H,16,17). The van der Waals surface area contributed by atoms with Crippen molar-refractivity contribution in [1.29, 1.82) is 0 Å². The van der Waals surface area contributed by atoms with Crippen LogP contribution in [0.2, 0.25) is 0 Å². The van der Waals surface area contributed by atoms with E-state index in [1.165, 1.54) is 22.5 Å². The summed E-state index contributed by atoms with van der Waals surface area (Å²) >= 11 is 0. The van der Waals surface area contributed by atoms with Crippen LogP contribution in [0.3, 0.4) is 0 Å². The minimum Gasteiger partial charge on any atom is -0.478 e. The highest BCUT2D eigenvalue weighted by molar-refractivity contribution is 7.89. The molecule has 0 atom stereocenters. The molecule has 0 radical (unpaired) electrons. The molecule has 0 unspecified atom stereocenters. The number of carboxylic acids is 1. The van der Waals surface area contributed by atoms with Crippen LogP contribution in [0.5, 0.6) is 0 Å². The van der Waals surface area contributed by atoms with Crippen LogP contribution in [0.1, 0.15) is 42.6 Å². The van der Waals surface area contributed by atoms with Crippen molar-refractivity contribution in [3.63, 3.8) is 0 Å². The van der Waals surface area contributed by atoms with E-state index in [4.69, 9.17) is 5.11 Å². The van der Waals surface area contributed by atoms with Gasteiger partial charge in [0.1, 0.15) is 0 Å². The van der Waals surface area contributed by atoms with Crippen LogP contribution in [0.4, 0.5) is 0 Å². The van der Waals surface area contributed by atoms with Crippen LogP contribution in [-0.2, 0) is 10.0 Å². The van der Waals surface area contributed by atoms with Gasteiger partial charge in [-0.2, -0.15) is 4.31 Å². The van der Waals surface area contributed by atoms with E-state index in [2.05, 4.69) is 0 Å². The van der Waals surface area contributed by atoms with Gasteiger partial charge >= 0.3 is 5.97 Å². The first-order valence-electron chi connectivity index (χ1n) is 6.57. The van der Waals surface area contributed by atoms with E-state index in [1.807, 2.05) is 13.8 Å². The number of carbonyl (C=O) groups is 1. The molecular weight excluding hydrogens is 278 g/mol. The van der Waals surface area contributed by atoms with E-state index >= 15 is 0 Å². The molecule has 5 nitrogen and oxygen atoms in total. The SMILES string of the molecule is CCC(CC)N(C)S(=O)(=O)c1cc(C(=O)O)ccc1C. The third kappa shape index (κ3) is 3.19. The van der Waals surface area contributed by atoms with E-state index in [1.54, 1.807) is 14.0 Å². The number of sulfonamides is 1. The minimum atomic E-state index is -3.68. The molecular formula is C14H21NO4S. The zero-order valence-corrected chi connectivity index (χ0v) is 13.1. The first kappa shape index (κ1) is 16.7. The summed E-state index contributed by atoms with van der Waals surface area (Å²) in [5, 5.41) is 9.00. The van der Waals surface area contributed by atoms with Crippen molar-refractivity contribution in [3.05, 3.63) is 29.3 Å². The van der Waals surface area contributed by atoms with Crippen molar-refractivity contribution in [1.82, 2.24) is 4.31 Å². The maximum absolute atomic E-state index is 12.6. The van der Waals surface area contributed by atoms with Gasteiger partial charge in [0, 0.05) is 13.1 Å². The number of hydrogen-bond donors (Lipinski definition) is 1. The second-order valence-corrected chi connectivity index (χ2v) is 6.74. The lowest BCUT2D eigenvalue weighted by molar-refractivity contribution is 0.0696. The molecule has 1 aromatic carbocycles. The van der Waals surface area contributed by atoms with Gasteiger partial charge in [-0.1, -0.05) is 19.9 Å². The van der Waals surface area contributed by atoms with Crippen LogP contribution < -0.4 is 0 Å². The van der Waals surface area contributed by atoms with Gasteiger partial charge in [-0.3, -0.25) is 0 Å². The molecule has 0 aromatic heterocycles. The summed E-state index contributed by atoms with van der Waals surface area (Å²) in [5.41, 5.74) is 0.528. The van der Waals surface area contributed by atoms with E-state index in [0.29, 0.717) is 18.4 Å². The van der Waals surface area contributed by atoms with Crippen molar-refractivity contribution >= 4 is 16.0 Å². The Morgan fingerprint density at radius 3 is 2.30 bits per heavy atom. The topological polar surface area (TPSA) is 74.7 Å². The molecule has 0 heterocycles. The molecule has 112 valence electrons. The quantitative estimate of drug-likeness (QED) is 0.875. The Kier molecular flexibility index (Phi) is 5.30. The normalized spacial score (nSPS) is 12.1. The second kappa shape index (κ2) is 6.37. The van der Waals surface area contributed by atoms with Crippen molar-refractivity contribution < 1.29 is 18.3 Å². The van der Waals surface area contributed by atoms with E-state index in [9.17, 15) is 13.2 Å². The Morgan fingerprint density at radius 2 is 1.85 bits per heavy atom. The number of aryl methyl sites for hydroxylation is 1. The van der Waals surface area contributed by atoms with Gasteiger partial charge in [-0.05, 0) is 37.5 Å². The average molecular weight is 299 g/mol. The lowest BCUT2D eigenvalue weighted by Crippen LogP contribution is -2.36. The zero-order chi connectivity index (χ0) is 15.5. The van der Waals surface area contributed by atoms with Gasteiger partial charge in [0.25, 0.3) is 0 Å². The predicted octanol–water partition coefficient (Wildman–Crippen LogP) is 2.50. The molecule has 0 aliphatic rings. The van der Waals surface area contributed by atoms with Crippen LogP contribution in [0, 0.1) is 6.92 Å². The van der Waals surface area contributed by atoms with Gasteiger partial charge in [-0.15, -0.1) is 0 Å². The van der Waals surface area contributed by atoms with E-state index in [0.717, 1.165) is 0 Å². The van der Waals surface area contributed by atoms with Crippen LogP contribution in [0.15, 0.2) is 23.1 Å². The lowest BCUT2D eigenvalue weighted by atomic mass is 10.1. The van der Waals surface area contributed by atoms with Crippen molar-refractivity contribution in [3.8, 4) is 0 Å². The summed E-state index contributed by atoms with van der Waals surface area (Å²) in [6.45, 7) is 5.53. The smallest absolute Gasteiger partial charge is 0.335 e. The maximum Gasteiger partial charge on any atom is 0.335 e. The molecule has 0 aliphatic carbocycles. The molecule has 0 saturated heterocycles. The molecule has 20 heavy (non-hydrogen) atoms. The maximum atomic E-state index is 12.6. The van der Waals surface area contributed by atoms with Gasteiger partial charge in [-0.25, -0.2) is 13.2 Å². The number of benzene rings is 1. The molecule has 1 rings (SSSR count). The zero-order valence-electron chi connectivity index (χ0n) is 12.3. The monoisotopic (exact) mass is 299 g/mol. The summed E-state index contributed by atoms with van der Waals surface area (Å²) in [7, 11) is -2.14. The Morgan fingerprint density at radius 1 is 1.30 bits per heavy atom. The fraction of sp³-hybridized carbons (Fsp3) is 0.500. The first-order chi connectivity index (χ1) is 9.25. The van der Waals surface area contributed by atoms with Gasteiger partial charge in [0.2, 0.25) is 10.0 Å². The third-order valence-corrected chi connectivity index (χ3v) is 5.60. The third-order valence-electron chi connectivity index (χ3n) is 3.55. The number of nitrogens with zero attached hydrogens (tertiary/aromatic N) is 1. The molecule has 0 bridgehead atoms. The van der Waals surface area contributed by atoms with Gasteiger partial charge in [0.05, 0.1) is 10.5 Å². The van der Waals surface area contributed by atoms with Crippen molar-refractivity contribution in [2.24, 2.45) is 0 Å². The Labute approximate surface area is 120 Å². The summed E-state index contributed by atoms with van der Waals surface area (Å²) in [5.74, 6) is -1.13. The van der Waals surface area contributed by atoms with Gasteiger partial charge < -0.3 is 5.11 Å². The predicted molar refractivity (Wildman–Crippen MR) is 77.5 cm³/mol. The van der Waals surface area contributed by atoms with E-state index in [-0.39, 0.29) is 16.5 Å². The molecule has 0 saturated carbocycles. The summed E-state index contributed by atoms with van der Waals surface area (Å²) in [6.07, 6.45) is 1.42. The summed E-state index contributed by atoms with van der Waals surface area (Å²) in [4.78, 5) is 11.1. The molecule has 1 aromatic rings. The molecule has 1 N–H and O–H groups in total. The first-order valence-corrected chi connectivity index (χ1v) is 8.01. The van der Waals surface area contributed by atoms with Crippen molar-refractivity contribution in [2.45, 2.75) is 44.6 Å². The Balaban J connectivity index is 3.34. The van der Waals surface area contributed by atoms with Crippen LogP contribution in [0.25, 0.3) is 0 Å². The highest BCUT2D eigenvalue weighted by atomic mass is 32.2. The van der Waals surface area contributed by atoms with Crippen LogP contribution in [-0.4, -0.2) is 36.9 Å². The number of carboxylic acid groups (broad SMARTS) is 1. The minimum absolute atomic E-state index is 0.0212. The number of aromatic carboxylic acids is 1. The number of hydrogen-bond acceptors (Lipinski definition) is 3. The lowest BCUT2D eigenvalue weighted by Gasteiger charge is -2.26. The molecule has 0 fully saturated rings.